The number of anilines is 3. The summed E-state index contributed by atoms with van der Waals surface area (Å²) in [4.78, 5) is 21.0. The van der Waals surface area contributed by atoms with E-state index in [1.54, 1.807) is 0 Å². The standard InChI is InChI=1S/C34H41FN4O2/c1-23-8-10-24(11-9-23)36-25-6-5-7-26(18-25)39(29(40)33-19-34(35,20-33)21-33)22-31-12-15-32(16-13-31,17-14-31)27-37-28(41-38-27)30(2,3)4/h5-11,18,36H,12-17,19-22H2,1-4H3. The minimum atomic E-state index is -1.11. The molecule has 0 aliphatic heterocycles. The van der Waals surface area contributed by atoms with E-state index in [1.165, 1.54) is 5.56 Å². The predicted molar refractivity (Wildman–Crippen MR) is 158 cm³/mol. The van der Waals surface area contributed by atoms with Crippen LogP contribution in [0.25, 0.3) is 0 Å². The highest BCUT2D eigenvalue weighted by Crippen LogP contribution is 2.70. The Hall–Kier alpha value is -3.22. The molecule has 1 heterocycles. The number of aryl methyl sites for hydroxylation is 1. The first-order valence-corrected chi connectivity index (χ1v) is 15.2. The highest BCUT2D eigenvalue weighted by molar-refractivity contribution is 6.00. The molecule has 1 amide bonds. The van der Waals surface area contributed by atoms with Gasteiger partial charge in [0, 0.05) is 34.4 Å². The molecule has 0 unspecified atom stereocenters. The summed E-state index contributed by atoms with van der Waals surface area (Å²) >= 11 is 0. The molecule has 7 heteroatoms. The van der Waals surface area contributed by atoms with Gasteiger partial charge in [0.2, 0.25) is 11.8 Å². The molecule has 6 aliphatic carbocycles. The van der Waals surface area contributed by atoms with Crippen molar-refractivity contribution in [2.45, 2.75) is 102 Å². The number of rotatable bonds is 7. The first-order chi connectivity index (χ1) is 19.4. The minimum Gasteiger partial charge on any atom is -0.355 e. The lowest BCUT2D eigenvalue weighted by molar-refractivity contribution is -0.211. The molecule has 1 aromatic heterocycles. The van der Waals surface area contributed by atoms with Crippen LogP contribution in [0.4, 0.5) is 21.5 Å². The zero-order valence-electron chi connectivity index (χ0n) is 24.7. The van der Waals surface area contributed by atoms with E-state index < -0.39 is 11.1 Å². The van der Waals surface area contributed by atoms with E-state index in [4.69, 9.17) is 9.51 Å². The van der Waals surface area contributed by atoms with E-state index in [2.05, 4.69) is 68.5 Å². The van der Waals surface area contributed by atoms with Crippen molar-refractivity contribution in [2.24, 2.45) is 10.8 Å². The van der Waals surface area contributed by atoms with Gasteiger partial charge in [0.05, 0.1) is 5.41 Å². The second kappa shape index (κ2) is 8.89. The number of carbonyl (C=O) groups is 1. The Morgan fingerprint density at radius 1 is 0.976 bits per heavy atom. The number of amides is 1. The van der Waals surface area contributed by atoms with Crippen LogP contribution < -0.4 is 10.2 Å². The van der Waals surface area contributed by atoms with Crippen LogP contribution in [-0.4, -0.2) is 28.3 Å². The maximum atomic E-state index is 14.6. The Kier molecular flexibility index (Phi) is 5.78. The van der Waals surface area contributed by atoms with E-state index in [0.717, 1.165) is 61.4 Å². The Balaban J connectivity index is 1.13. The quantitative estimate of drug-likeness (QED) is 0.320. The van der Waals surface area contributed by atoms with Gasteiger partial charge in [-0.1, -0.05) is 49.7 Å². The molecule has 6 saturated carbocycles. The number of hydrogen-bond donors (Lipinski definition) is 1. The van der Waals surface area contributed by atoms with Crippen molar-refractivity contribution in [3.63, 3.8) is 0 Å². The van der Waals surface area contributed by atoms with Crippen molar-refractivity contribution in [2.75, 3.05) is 16.8 Å². The monoisotopic (exact) mass is 556 g/mol. The summed E-state index contributed by atoms with van der Waals surface area (Å²) in [6.45, 7) is 9.05. The van der Waals surface area contributed by atoms with Crippen molar-refractivity contribution in [1.29, 1.82) is 0 Å². The van der Waals surface area contributed by atoms with Crippen molar-refractivity contribution < 1.29 is 13.7 Å². The molecule has 1 N–H and O–H groups in total. The van der Waals surface area contributed by atoms with Gasteiger partial charge in [-0.05, 0) is 100 Å². The smallest absolute Gasteiger partial charge is 0.233 e. The highest BCUT2D eigenvalue weighted by atomic mass is 19.1. The summed E-state index contributed by atoms with van der Waals surface area (Å²) < 4.78 is 20.2. The maximum absolute atomic E-state index is 14.6. The van der Waals surface area contributed by atoms with Crippen LogP contribution >= 0.6 is 0 Å². The van der Waals surface area contributed by atoms with Crippen molar-refractivity contribution in [1.82, 2.24) is 10.1 Å². The van der Waals surface area contributed by atoms with Crippen molar-refractivity contribution >= 4 is 23.0 Å². The molecule has 0 spiro atoms. The van der Waals surface area contributed by atoms with Gasteiger partial charge >= 0.3 is 0 Å². The molecule has 216 valence electrons. The molecule has 6 fully saturated rings. The Morgan fingerprint density at radius 2 is 1.63 bits per heavy atom. The summed E-state index contributed by atoms with van der Waals surface area (Å²) in [5.74, 6) is 1.67. The fraction of sp³-hybridized carbons (Fsp3) is 0.559. The summed E-state index contributed by atoms with van der Waals surface area (Å²) in [5.41, 5.74) is 2.28. The average molecular weight is 557 g/mol. The number of alkyl halides is 1. The largest absolute Gasteiger partial charge is 0.355 e. The minimum absolute atomic E-state index is 0.0318. The molecule has 3 aromatic rings. The molecule has 41 heavy (non-hydrogen) atoms. The molecular formula is C34H41FN4O2. The average Bonchev–Trinajstić information content (AvgIpc) is 3.44. The fourth-order valence-corrected chi connectivity index (χ4v) is 7.93. The first-order valence-electron chi connectivity index (χ1n) is 15.2. The van der Waals surface area contributed by atoms with E-state index in [1.807, 2.05) is 23.1 Å². The van der Waals surface area contributed by atoms with E-state index >= 15 is 0 Å². The van der Waals surface area contributed by atoms with Crippen LogP contribution in [0.3, 0.4) is 0 Å². The molecule has 6 aliphatic rings. The number of nitrogens with zero attached hydrogens (tertiary/aromatic N) is 3. The van der Waals surface area contributed by atoms with Crippen LogP contribution in [0.2, 0.25) is 0 Å². The van der Waals surface area contributed by atoms with E-state index in [0.29, 0.717) is 31.7 Å². The van der Waals surface area contributed by atoms with Crippen LogP contribution in [0, 0.1) is 17.8 Å². The number of carbonyl (C=O) groups excluding carboxylic acids is 1. The Bertz CT molecular complexity index is 1440. The SMILES string of the molecule is Cc1ccc(Nc2cccc(N(CC34CCC(c5noc(C(C)(C)C)n5)(CC3)CC4)C(=O)C34CC(F)(C3)C4)c2)cc1. The van der Waals surface area contributed by atoms with Gasteiger partial charge in [-0.3, -0.25) is 4.79 Å². The molecule has 0 saturated heterocycles. The Labute approximate surface area is 242 Å². The first kappa shape index (κ1) is 26.7. The van der Waals surface area contributed by atoms with Gasteiger partial charge in [0.1, 0.15) is 5.67 Å². The summed E-state index contributed by atoms with van der Waals surface area (Å²) in [6.07, 6.45) is 7.22. The maximum Gasteiger partial charge on any atom is 0.233 e. The van der Waals surface area contributed by atoms with Crippen molar-refractivity contribution in [3.8, 4) is 0 Å². The normalized spacial score (nSPS) is 31.7. The number of nitrogens with one attached hydrogen (secondary N) is 1. The Morgan fingerprint density at radius 3 is 2.22 bits per heavy atom. The van der Waals surface area contributed by atoms with E-state index in [-0.39, 0.29) is 22.2 Å². The third-order valence-electron chi connectivity index (χ3n) is 10.6. The number of hydrogen-bond acceptors (Lipinski definition) is 5. The molecule has 6 nitrogen and oxygen atoms in total. The van der Waals surface area contributed by atoms with Gasteiger partial charge in [-0.15, -0.1) is 0 Å². The third kappa shape index (κ3) is 4.47. The lowest BCUT2D eigenvalue weighted by Gasteiger charge is -2.65. The van der Waals surface area contributed by atoms with Gasteiger partial charge in [-0.25, -0.2) is 4.39 Å². The van der Waals surface area contributed by atoms with Crippen LogP contribution in [0.1, 0.15) is 95.8 Å². The number of benzene rings is 2. The molecule has 0 atom stereocenters. The highest BCUT2D eigenvalue weighted by Gasteiger charge is 2.73. The zero-order valence-corrected chi connectivity index (χ0v) is 24.7. The summed E-state index contributed by atoms with van der Waals surface area (Å²) in [5, 5.41) is 7.95. The molecular weight excluding hydrogens is 515 g/mol. The fourth-order valence-electron chi connectivity index (χ4n) is 7.93. The second-order valence-corrected chi connectivity index (χ2v) is 14.8. The predicted octanol–water partition coefficient (Wildman–Crippen LogP) is 7.94. The van der Waals surface area contributed by atoms with Crippen LogP contribution in [0.15, 0.2) is 53.1 Å². The van der Waals surface area contributed by atoms with Gasteiger partial charge in [0.25, 0.3) is 0 Å². The third-order valence-corrected chi connectivity index (χ3v) is 10.6. The molecule has 9 rings (SSSR count). The second-order valence-electron chi connectivity index (χ2n) is 14.8. The van der Waals surface area contributed by atoms with Crippen molar-refractivity contribution in [3.05, 3.63) is 65.8 Å². The van der Waals surface area contributed by atoms with Crippen LogP contribution in [-0.2, 0) is 15.6 Å². The number of fused-ring (bicyclic) bond motifs is 3. The van der Waals surface area contributed by atoms with Gasteiger partial charge in [0.15, 0.2) is 5.82 Å². The van der Waals surface area contributed by atoms with Gasteiger partial charge < -0.3 is 14.7 Å². The lowest BCUT2D eigenvalue weighted by Crippen LogP contribution is -2.71. The molecule has 0 radical (unpaired) electrons. The molecule has 2 aromatic carbocycles. The topological polar surface area (TPSA) is 71.3 Å². The summed E-state index contributed by atoms with van der Waals surface area (Å²) in [7, 11) is 0. The molecule has 4 bridgehead atoms. The summed E-state index contributed by atoms with van der Waals surface area (Å²) in [6, 6.07) is 16.5. The zero-order chi connectivity index (χ0) is 28.7. The number of halogens is 1. The number of aromatic nitrogens is 2. The van der Waals surface area contributed by atoms with Gasteiger partial charge in [-0.2, -0.15) is 4.98 Å². The van der Waals surface area contributed by atoms with E-state index in [9.17, 15) is 9.18 Å². The van der Waals surface area contributed by atoms with Crippen LogP contribution in [0.5, 0.6) is 0 Å². The lowest BCUT2D eigenvalue weighted by atomic mass is 9.41.